The number of hydrogen-bond acceptors (Lipinski definition) is 2. The van der Waals surface area contributed by atoms with Crippen molar-refractivity contribution in [3.05, 3.63) is 77.4 Å². The van der Waals surface area contributed by atoms with E-state index in [4.69, 9.17) is 4.74 Å². The van der Waals surface area contributed by atoms with E-state index < -0.39 is 6.10 Å². The maximum atomic E-state index is 12.6. The van der Waals surface area contributed by atoms with Crippen LogP contribution in [0.4, 0.5) is 0 Å². The van der Waals surface area contributed by atoms with Gasteiger partial charge in [0.1, 0.15) is 5.75 Å². The quantitative estimate of drug-likeness (QED) is 0.686. The zero-order valence-electron chi connectivity index (χ0n) is 15.6. The van der Waals surface area contributed by atoms with Gasteiger partial charge in [0.15, 0.2) is 6.10 Å². The fourth-order valence-corrected chi connectivity index (χ4v) is 3.15. The highest BCUT2D eigenvalue weighted by Crippen LogP contribution is 2.21. The predicted molar refractivity (Wildman–Crippen MR) is 106 cm³/mol. The topological polar surface area (TPSA) is 38.3 Å². The third kappa shape index (κ3) is 4.05. The zero-order chi connectivity index (χ0) is 18.5. The number of carbonyl (C=O) groups is 1. The Morgan fingerprint density at radius 1 is 1.04 bits per heavy atom. The average molecular weight is 347 g/mol. The number of amides is 1. The minimum absolute atomic E-state index is 0.0830. The molecular formula is C23H25NO2. The summed E-state index contributed by atoms with van der Waals surface area (Å²) in [6.07, 6.45) is 0.126. The van der Waals surface area contributed by atoms with Crippen LogP contribution >= 0.6 is 0 Å². The molecule has 3 nitrogen and oxygen atoms in total. The highest BCUT2D eigenvalue weighted by Gasteiger charge is 2.19. The van der Waals surface area contributed by atoms with Crippen molar-refractivity contribution in [2.75, 3.05) is 0 Å². The summed E-state index contributed by atoms with van der Waals surface area (Å²) in [6.45, 7) is 6.51. The number of hydrogen-bond donors (Lipinski definition) is 1. The lowest BCUT2D eigenvalue weighted by molar-refractivity contribution is -0.128. The molecule has 134 valence electrons. The van der Waals surface area contributed by atoms with E-state index >= 15 is 0 Å². The van der Waals surface area contributed by atoms with Crippen LogP contribution in [0.3, 0.4) is 0 Å². The smallest absolute Gasteiger partial charge is 0.261 e. The molecule has 0 radical (unpaired) electrons. The summed E-state index contributed by atoms with van der Waals surface area (Å²) in [5, 5.41) is 5.37. The molecule has 1 N–H and O–H groups in total. The lowest BCUT2D eigenvalue weighted by Crippen LogP contribution is -2.37. The summed E-state index contributed by atoms with van der Waals surface area (Å²) >= 11 is 0. The van der Waals surface area contributed by atoms with Gasteiger partial charge in [-0.05, 0) is 48.2 Å². The third-order valence-corrected chi connectivity index (χ3v) is 4.60. The first-order valence-electron chi connectivity index (χ1n) is 9.06. The Balaban J connectivity index is 1.69. The third-order valence-electron chi connectivity index (χ3n) is 4.60. The lowest BCUT2D eigenvalue weighted by atomic mass is 10.0. The van der Waals surface area contributed by atoms with E-state index in [-0.39, 0.29) is 5.91 Å². The van der Waals surface area contributed by atoms with Crippen LogP contribution < -0.4 is 10.1 Å². The molecule has 0 unspecified atom stereocenters. The highest BCUT2D eigenvalue weighted by molar-refractivity contribution is 5.86. The molecule has 3 aromatic rings. The van der Waals surface area contributed by atoms with Crippen LogP contribution in [-0.4, -0.2) is 12.0 Å². The normalized spacial score (nSPS) is 12.0. The molecule has 3 rings (SSSR count). The van der Waals surface area contributed by atoms with Crippen LogP contribution in [0, 0.1) is 13.8 Å². The van der Waals surface area contributed by atoms with Crippen molar-refractivity contribution in [3.8, 4) is 5.75 Å². The van der Waals surface area contributed by atoms with Gasteiger partial charge in [-0.25, -0.2) is 0 Å². The van der Waals surface area contributed by atoms with Crippen molar-refractivity contribution in [3.63, 3.8) is 0 Å². The van der Waals surface area contributed by atoms with Crippen LogP contribution in [0.15, 0.2) is 60.7 Å². The number of ether oxygens (including phenoxy) is 1. The first-order valence-corrected chi connectivity index (χ1v) is 9.06. The molecule has 0 aliphatic heterocycles. The van der Waals surface area contributed by atoms with Crippen LogP contribution in [0.2, 0.25) is 0 Å². The van der Waals surface area contributed by atoms with Gasteiger partial charge in [0.25, 0.3) is 5.91 Å². The van der Waals surface area contributed by atoms with E-state index in [9.17, 15) is 4.79 Å². The van der Waals surface area contributed by atoms with Crippen LogP contribution in [0.25, 0.3) is 10.8 Å². The number of benzene rings is 3. The van der Waals surface area contributed by atoms with Crippen molar-refractivity contribution in [1.29, 1.82) is 0 Å². The molecule has 3 heteroatoms. The molecule has 0 aromatic heterocycles. The van der Waals surface area contributed by atoms with Crippen LogP contribution in [0.5, 0.6) is 5.75 Å². The molecular weight excluding hydrogens is 322 g/mol. The molecule has 0 aliphatic rings. The Morgan fingerprint density at radius 2 is 1.81 bits per heavy atom. The monoisotopic (exact) mass is 347 g/mol. The summed E-state index contributed by atoms with van der Waals surface area (Å²) in [5.41, 5.74) is 3.34. The van der Waals surface area contributed by atoms with Gasteiger partial charge in [-0.3, -0.25) is 4.79 Å². The fourth-order valence-electron chi connectivity index (χ4n) is 3.15. The van der Waals surface area contributed by atoms with E-state index in [0.29, 0.717) is 13.0 Å². The Bertz CT molecular complexity index is 912. The minimum atomic E-state index is -0.494. The van der Waals surface area contributed by atoms with E-state index in [1.54, 1.807) is 0 Å². The van der Waals surface area contributed by atoms with Crippen molar-refractivity contribution in [2.45, 2.75) is 39.8 Å². The van der Waals surface area contributed by atoms with E-state index in [0.717, 1.165) is 16.9 Å². The molecule has 1 amide bonds. The van der Waals surface area contributed by atoms with Crippen molar-refractivity contribution in [1.82, 2.24) is 5.32 Å². The van der Waals surface area contributed by atoms with Crippen LogP contribution in [0.1, 0.15) is 30.0 Å². The van der Waals surface area contributed by atoms with Crippen molar-refractivity contribution >= 4 is 16.7 Å². The van der Waals surface area contributed by atoms with Gasteiger partial charge in [0, 0.05) is 6.54 Å². The predicted octanol–water partition coefficient (Wildman–Crippen LogP) is 4.93. The Morgan fingerprint density at radius 3 is 2.58 bits per heavy atom. The van der Waals surface area contributed by atoms with E-state index in [1.165, 1.54) is 16.3 Å². The van der Waals surface area contributed by atoms with Crippen LogP contribution in [-0.2, 0) is 11.3 Å². The molecule has 1 atom stereocenters. The number of rotatable bonds is 6. The molecule has 0 saturated heterocycles. The number of aryl methyl sites for hydroxylation is 2. The molecule has 0 spiro atoms. The summed E-state index contributed by atoms with van der Waals surface area (Å²) < 4.78 is 5.98. The fraction of sp³-hybridized carbons (Fsp3) is 0.261. The van der Waals surface area contributed by atoms with Gasteiger partial charge in [-0.1, -0.05) is 67.1 Å². The van der Waals surface area contributed by atoms with Gasteiger partial charge >= 0.3 is 0 Å². The summed E-state index contributed by atoms with van der Waals surface area (Å²) in [6, 6.07) is 20.4. The molecule has 0 bridgehead atoms. The van der Waals surface area contributed by atoms with Gasteiger partial charge in [-0.15, -0.1) is 0 Å². The SMILES string of the molecule is CC[C@H](Oc1ccc(C)cc1C)C(=O)NCc1cccc2ccccc12. The second-order valence-electron chi connectivity index (χ2n) is 6.64. The lowest BCUT2D eigenvalue weighted by Gasteiger charge is -2.19. The van der Waals surface area contributed by atoms with E-state index in [1.807, 2.05) is 51.1 Å². The molecule has 0 heterocycles. The van der Waals surface area contributed by atoms with Crippen molar-refractivity contribution < 1.29 is 9.53 Å². The summed E-state index contributed by atoms with van der Waals surface area (Å²) in [7, 11) is 0. The van der Waals surface area contributed by atoms with Crippen molar-refractivity contribution in [2.24, 2.45) is 0 Å². The molecule has 3 aromatic carbocycles. The Hall–Kier alpha value is -2.81. The number of fused-ring (bicyclic) bond motifs is 1. The second-order valence-corrected chi connectivity index (χ2v) is 6.64. The molecule has 26 heavy (non-hydrogen) atoms. The van der Waals surface area contributed by atoms with Gasteiger partial charge in [0.2, 0.25) is 0 Å². The van der Waals surface area contributed by atoms with Gasteiger partial charge in [0.05, 0.1) is 0 Å². The zero-order valence-corrected chi connectivity index (χ0v) is 15.6. The van der Waals surface area contributed by atoms with Gasteiger partial charge in [-0.2, -0.15) is 0 Å². The second kappa shape index (κ2) is 8.05. The first kappa shape index (κ1) is 18.0. The minimum Gasteiger partial charge on any atom is -0.480 e. The maximum absolute atomic E-state index is 12.6. The maximum Gasteiger partial charge on any atom is 0.261 e. The largest absolute Gasteiger partial charge is 0.480 e. The Kier molecular flexibility index (Phi) is 5.57. The Labute approximate surface area is 155 Å². The highest BCUT2D eigenvalue weighted by atomic mass is 16.5. The van der Waals surface area contributed by atoms with E-state index in [2.05, 4.69) is 35.6 Å². The average Bonchev–Trinajstić information content (AvgIpc) is 2.65. The van der Waals surface area contributed by atoms with Gasteiger partial charge < -0.3 is 10.1 Å². The number of carbonyl (C=O) groups excluding carboxylic acids is 1. The summed E-state index contributed by atoms with van der Waals surface area (Å²) in [4.78, 5) is 12.6. The standard InChI is InChI=1S/C23H25NO2/c1-4-21(26-22-13-12-16(2)14-17(22)3)23(25)24-15-19-10-7-9-18-8-5-6-11-20(18)19/h5-14,21H,4,15H2,1-3H3,(H,24,25)/t21-/m0/s1. The summed E-state index contributed by atoms with van der Waals surface area (Å²) in [5.74, 6) is 0.683. The molecule has 0 aliphatic carbocycles. The first-order chi connectivity index (χ1) is 12.6. The molecule has 0 fully saturated rings. The number of nitrogens with one attached hydrogen (secondary N) is 1. The molecule has 0 saturated carbocycles.